The van der Waals surface area contributed by atoms with E-state index in [-0.39, 0.29) is 5.91 Å². The molecule has 27 heavy (non-hydrogen) atoms. The summed E-state index contributed by atoms with van der Waals surface area (Å²) in [7, 11) is 0. The van der Waals surface area contributed by atoms with Crippen molar-refractivity contribution >= 4 is 11.6 Å². The number of benzene rings is 1. The van der Waals surface area contributed by atoms with Crippen LogP contribution in [-0.4, -0.2) is 40.6 Å². The van der Waals surface area contributed by atoms with E-state index in [1.807, 2.05) is 13.8 Å². The van der Waals surface area contributed by atoms with E-state index in [2.05, 4.69) is 39.5 Å². The standard InChI is InChI=1S/C21H28N4O2/c1-13-10-14(2)19(15(3)11-13)22-18(26)12-25-8-6-17(7-9-25)21-24-23-20(27-21)16-4-5-16/h10-11,16-17H,4-9,12H2,1-3H3,(H,22,26). The van der Waals surface area contributed by atoms with Gasteiger partial charge in [0, 0.05) is 17.5 Å². The second-order valence-corrected chi connectivity index (χ2v) is 8.13. The Morgan fingerprint density at radius 1 is 1.04 bits per heavy atom. The molecule has 1 saturated heterocycles. The lowest BCUT2D eigenvalue weighted by Gasteiger charge is -2.29. The molecule has 0 unspecified atom stereocenters. The lowest BCUT2D eigenvalue weighted by molar-refractivity contribution is -0.117. The second-order valence-electron chi connectivity index (χ2n) is 8.13. The summed E-state index contributed by atoms with van der Waals surface area (Å²) in [6, 6.07) is 4.21. The number of hydrogen-bond acceptors (Lipinski definition) is 5. The molecule has 0 bridgehead atoms. The van der Waals surface area contributed by atoms with Gasteiger partial charge in [-0.05, 0) is 70.7 Å². The highest BCUT2D eigenvalue weighted by atomic mass is 16.4. The van der Waals surface area contributed by atoms with E-state index in [1.165, 1.54) is 18.4 Å². The van der Waals surface area contributed by atoms with Crippen LogP contribution in [0, 0.1) is 20.8 Å². The molecular formula is C21H28N4O2. The van der Waals surface area contributed by atoms with Gasteiger partial charge in [0.2, 0.25) is 17.7 Å². The summed E-state index contributed by atoms with van der Waals surface area (Å²) in [4.78, 5) is 14.7. The Morgan fingerprint density at radius 2 is 1.59 bits per heavy atom. The highest BCUT2D eigenvalue weighted by molar-refractivity contribution is 5.93. The van der Waals surface area contributed by atoms with Crippen LogP contribution in [0.3, 0.4) is 0 Å². The van der Waals surface area contributed by atoms with Crippen LogP contribution in [0.25, 0.3) is 0 Å². The number of amides is 1. The summed E-state index contributed by atoms with van der Waals surface area (Å²) in [5.41, 5.74) is 4.39. The van der Waals surface area contributed by atoms with E-state index < -0.39 is 0 Å². The van der Waals surface area contributed by atoms with E-state index in [1.54, 1.807) is 0 Å². The Balaban J connectivity index is 1.29. The molecule has 1 amide bonds. The second kappa shape index (κ2) is 7.43. The summed E-state index contributed by atoms with van der Waals surface area (Å²) in [5.74, 6) is 2.48. The van der Waals surface area contributed by atoms with Gasteiger partial charge < -0.3 is 9.73 Å². The molecule has 1 aliphatic carbocycles. The number of likely N-dealkylation sites (tertiary alicyclic amines) is 1. The number of carbonyl (C=O) groups excluding carboxylic acids is 1. The maximum absolute atomic E-state index is 12.5. The first-order valence-electron chi connectivity index (χ1n) is 9.93. The third kappa shape index (κ3) is 4.21. The predicted octanol–water partition coefficient (Wildman–Crippen LogP) is 3.69. The number of aromatic nitrogens is 2. The normalized spacial score (nSPS) is 18.6. The third-order valence-corrected chi connectivity index (χ3v) is 5.63. The van der Waals surface area contributed by atoms with Gasteiger partial charge in [0.05, 0.1) is 6.54 Å². The third-order valence-electron chi connectivity index (χ3n) is 5.63. The van der Waals surface area contributed by atoms with Gasteiger partial charge in [0.25, 0.3) is 0 Å². The summed E-state index contributed by atoms with van der Waals surface area (Å²) < 4.78 is 5.86. The zero-order valence-corrected chi connectivity index (χ0v) is 16.4. The lowest BCUT2D eigenvalue weighted by atomic mass is 9.97. The van der Waals surface area contributed by atoms with E-state index in [0.29, 0.717) is 18.4 Å². The van der Waals surface area contributed by atoms with Crippen LogP contribution in [0.2, 0.25) is 0 Å². The fourth-order valence-electron chi connectivity index (χ4n) is 4.00. The molecule has 2 aromatic rings. The van der Waals surface area contributed by atoms with Crippen molar-refractivity contribution < 1.29 is 9.21 Å². The number of carbonyl (C=O) groups is 1. The van der Waals surface area contributed by atoms with Gasteiger partial charge in [-0.15, -0.1) is 10.2 Å². The molecule has 4 rings (SSSR count). The van der Waals surface area contributed by atoms with Gasteiger partial charge in [-0.2, -0.15) is 0 Å². The fourth-order valence-corrected chi connectivity index (χ4v) is 4.00. The zero-order chi connectivity index (χ0) is 19.0. The van der Waals surface area contributed by atoms with Crippen molar-refractivity contribution in [3.8, 4) is 0 Å². The van der Waals surface area contributed by atoms with Gasteiger partial charge in [-0.25, -0.2) is 0 Å². The molecule has 1 aromatic heterocycles. The minimum atomic E-state index is 0.0531. The van der Waals surface area contributed by atoms with E-state index in [0.717, 1.165) is 54.5 Å². The van der Waals surface area contributed by atoms with Crippen molar-refractivity contribution in [3.05, 3.63) is 40.6 Å². The fraction of sp³-hybridized carbons (Fsp3) is 0.571. The largest absolute Gasteiger partial charge is 0.425 e. The quantitative estimate of drug-likeness (QED) is 0.871. The van der Waals surface area contributed by atoms with Crippen LogP contribution in [0.4, 0.5) is 5.69 Å². The van der Waals surface area contributed by atoms with Gasteiger partial charge in [0.1, 0.15) is 0 Å². The van der Waals surface area contributed by atoms with Crippen molar-refractivity contribution in [2.45, 2.75) is 58.3 Å². The topological polar surface area (TPSA) is 71.3 Å². The van der Waals surface area contributed by atoms with Crippen molar-refractivity contribution in [3.63, 3.8) is 0 Å². The molecule has 1 aromatic carbocycles. The molecule has 1 N–H and O–H groups in total. The van der Waals surface area contributed by atoms with Gasteiger partial charge >= 0.3 is 0 Å². The Morgan fingerprint density at radius 3 is 2.15 bits per heavy atom. The van der Waals surface area contributed by atoms with E-state index in [9.17, 15) is 4.79 Å². The highest BCUT2D eigenvalue weighted by Crippen LogP contribution is 2.40. The maximum atomic E-state index is 12.5. The van der Waals surface area contributed by atoms with Gasteiger partial charge in [-0.3, -0.25) is 9.69 Å². The summed E-state index contributed by atoms with van der Waals surface area (Å²) in [6.45, 7) is 8.35. The van der Waals surface area contributed by atoms with Crippen molar-refractivity contribution in [2.24, 2.45) is 0 Å². The Labute approximate surface area is 160 Å². The summed E-state index contributed by atoms with van der Waals surface area (Å²) in [6.07, 6.45) is 4.27. The molecule has 1 aliphatic heterocycles. The van der Waals surface area contributed by atoms with Gasteiger partial charge in [-0.1, -0.05) is 17.7 Å². The van der Waals surface area contributed by atoms with Crippen molar-refractivity contribution in [1.29, 1.82) is 0 Å². The first-order chi connectivity index (χ1) is 13.0. The minimum Gasteiger partial charge on any atom is -0.425 e. The molecule has 2 fully saturated rings. The minimum absolute atomic E-state index is 0.0531. The molecule has 1 saturated carbocycles. The lowest BCUT2D eigenvalue weighted by Crippen LogP contribution is -2.39. The van der Waals surface area contributed by atoms with Crippen LogP contribution in [0.15, 0.2) is 16.5 Å². The molecule has 0 radical (unpaired) electrons. The number of piperidine rings is 1. The molecule has 6 heteroatoms. The molecule has 0 spiro atoms. The molecule has 2 heterocycles. The molecular weight excluding hydrogens is 340 g/mol. The Kier molecular flexibility index (Phi) is 5.00. The number of nitrogens with zero attached hydrogens (tertiary/aromatic N) is 3. The van der Waals surface area contributed by atoms with Crippen LogP contribution >= 0.6 is 0 Å². The Bertz CT molecular complexity index is 809. The summed E-state index contributed by atoms with van der Waals surface area (Å²) >= 11 is 0. The van der Waals surface area contributed by atoms with Crippen LogP contribution in [0.1, 0.15) is 66.0 Å². The molecule has 144 valence electrons. The van der Waals surface area contributed by atoms with Crippen LogP contribution < -0.4 is 5.32 Å². The van der Waals surface area contributed by atoms with Crippen molar-refractivity contribution in [1.82, 2.24) is 15.1 Å². The van der Waals surface area contributed by atoms with Crippen molar-refractivity contribution in [2.75, 3.05) is 25.0 Å². The molecule has 6 nitrogen and oxygen atoms in total. The number of anilines is 1. The number of nitrogens with one attached hydrogen (secondary N) is 1. The SMILES string of the molecule is Cc1cc(C)c(NC(=O)CN2CCC(c3nnc(C4CC4)o3)CC2)c(C)c1. The first kappa shape index (κ1) is 18.2. The van der Waals surface area contributed by atoms with Crippen LogP contribution in [0.5, 0.6) is 0 Å². The summed E-state index contributed by atoms with van der Waals surface area (Å²) in [5, 5.41) is 11.5. The van der Waals surface area contributed by atoms with Gasteiger partial charge in [0.15, 0.2) is 0 Å². The number of aryl methyl sites for hydroxylation is 3. The molecule has 0 atom stereocenters. The smallest absolute Gasteiger partial charge is 0.238 e. The highest BCUT2D eigenvalue weighted by Gasteiger charge is 2.32. The average Bonchev–Trinajstić information content (AvgIpc) is 3.36. The zero-order valence-electron chi connectivity index (χ0n) is 16.4. The van der Waals surface area contributed by atoms with E-state index in [4.69, 9.17) is 4.42 Å². The monoisotopic (exact) mass is 368 g/mol. The Hall–Kier alpha value is -2.21. The predicted molar refractivity (Wildman–Crippen MR) is 104 cm³/mol. The van der Waals surface area contributed by atoms with Crippen LogP contribution in [-0.2, 0) is 4.79 Å². The first-order valence-corrected chi connectivity index (χ1v) is 9.93. The molecule has 2 aliphatic rings. The number of hydrogen-bond donors (Lipinski definition) is 1. The number of rotatable bonds is 5. The maximum Gasteiger partial charge on any atom is 0.238 e. The van der Waals surface area contributed by atoms with E-state index >= 15 is 0 Å². The average molecular weight is 368 g/mol.